The van der Waals surface area contributed by atoms with Gasteiger partial charge in [0.05, 0.1) is 0 Å². The first-order valence-corrected chi connectivity index (χ1v) is 4.50. The van der Waals surface area contributed by atoms with Crippen molar-refractivity contribution >= 4 is 16.5 Å². The van der Waals surface area contributed by atoms with Crippen molar-refractivity contribution < 1.29 is 13.5 Å². The number of nitrogen functional groups attached to an aromatic ring is 1. The molecule has 13 heavy (non-hydrogen) atoms. The lowest BCUT2D eigenvalue weighted by Crippen LogP contribution is -2.43. The molecule has 1 heterocycles. The summed E-state index contributed by atoms with van der Waals surface area (Å²) in [6.45, 7) is 0. The van der Waals surface area contributed by atoms with E-state index < -0.39 is 12.0 Å². The van der Waals surface area contributed by atoms with E-state index in [0.29, 0.717) is 0 Å². The smallest absolute Gasteiger partial charge is 0.296 e. The third-order valence-corrected chi connectivity index (χ3v) is 2.39. The molecule has 1 aliphatic rings. The predicted octanol–water partition coefficient (Wildman–Crippen LogP) is 1.30. The van der Waals surface area contributed by atoms with Crippen molar-refractivity contribution in [2.45, 2.75) is 24.9 Å². The summed E-state index contributed by atoms with van der Waals surface area (Å²) in [5.74, 6) is -2.57. The number of ether oxygens (including phenoxy) is 1. The monoisotopic (exact) mass is 207 g/mol. The van der Waals surface area contributed by atoms with E-state index in [9.17, 15) is 8.78 Å². The van der Waals surface area contributed by atoms with Crippen LogP contribution >= 0.6 is 11.3 Å². The molecule has 0 bridgehead atoms. The molecule has 2 N–H and O–H groups in total. The van der Waals surface area contributed by atoms with Crippen LogP contribution in [-0.4, -0.2) is 22.2 Å². The molecule has 0 radical (unpaired) electrons. The van der Waals surface area contributed by atoms with Crippen LogP contribution in [0.15, 0.2) is 0 Å². The van der Waals surface area contributed by atoms with Crippen LogP contribution in [0.3, 0.4) is 0 Å². The van der Waals surface area contributed by atoms with Crippen molar-refractivity contribution in [2.24, 2.45) is 0 Å². The van der Waals surface area contributed by atoms with E-state index in [1.165, 1.54) is 0 Å². The molecule has 0 unspecified atom stereocenters. The van der Waals surface area contributed by atoms with Gasteiger partial charge in [-0.1, -0.05) is 5.10 Å². The SMILES string of the molecule is Nc1nnc(OC2CC(F)(F)C2)s1. The van der Waals surface area contributed by atoms with Crippen molar-refractivity contribution in [3.63, 3.8) is 0 Å². The summed E-state index contributed by atoms with van der Waals surface area (Å²) in [5.41, 5.74) is 5.28. The zero-order valence-corrected chi connectivity index (χ0v) is 7.35. The van der Waals surface area contributed by atoms with Crippen LogP contribution in [0.5, 0.6) is 5.19 Å². The number of nitrogens with zero attached hydrogens (tertiary/aromatic N) is 2. The fraction of sp³-hybridized carbons (Fsp3) is 0.667. The number of anilines is 1. The number of rotatable bonds is 2. The van der Waals surface area contributed by atoms with Crippen LogP contribution in [0.2, 0.25) is 0 Å². The van der Waals surface area contributed by atoms with Gasteiger partial charge in [-0.05, 0) is 11.3 Å². The van der Waals surface area contributed by atoms with E-state index in [-0.39, 0.29) is 23.2 Å². The minimum Gasteiger partial charge on any atom is -0.465 e. The highest BCUT2D eigenvalue weighted by Gasteiger charge is 2.47. The molecule has 1 aliphatic carbocycles. The fourth-order valence-electron chi connectivity index (χ4n) is 1.10. The molecule has 1 aromatic heterocycles. The Hall–Kier alpha value is -0.980. The molecule has 0 spiro atoms. The zero-order valence-electron chi connectivity index (χ0n) is 6.54. The fourth-order valence-corrected chi connectivity index (χ4v) is 1.63. The molecule has 0 aromatic carbocycles. The Morgan fingerprint density at radius 2 is 2.15 bits per heavy atom. The molecular formula is C6H7F2N3OS. The number of aromatic nitrogens is 2. The molecule has 1 fully saturated rings. The second-order valence-electron chi connectivity index (χ2n) is 2.91. The molecule has 1 saturated carbocycles. The second kappa shape index (κ2) is 2.76. The Morgan fingerprint density at radius 1 is 1.46 bits per heavy atom. The lowest BCUT2D eigenvalue weighted by molar-refractivity contribution is -0.134. The molecule has 1 aromatic rings. The number of halogens is 2. The van der Waals surface area contributed by atoms with Gasteiger partial charge in [0.25, 0.3) is 11.1 Å². The summed E-state index contributed by atoms with van der Waals surface area (Å²) in [6.07, 6.45) is -0.929. The van der Waals surface area contributed by atoms with Gasteiger partial charge in [-0.3, -0.25) is 0 Å². The second-order valence-corrected chi connectivity index (χ2v) is 3.88. The average molecular weight is 207 g/mol. The van der Waals surface area contributed by atoms with Gasteiger partial charge in [-0.15, -0.1) is 5.10 Å². The van der Waals surface area contributed by atoms with E-state index in [2.05, 4.69) is 10.2 Å². The molecule has 2 rings (SSSR count). The molecular weight excluding hydrogens is 200 g/mol. The third kappa shape index (κ3) is 1.85. The number of alkyl halides is 2. The van der Waals surface area contributed by atoms with E-state index in [1.807, 2.05) is 0 Å². The lowest BCUT2D eigenvalue weighted by Gasteiger charge is -2.33. The molecule has 7 heteroatoms. The minimum atomic E-state index is -2.57. The van der Waals surface area contributed by atoms with Gasteiger partial charge >= 0.3 is 0 Å². The van der Waals surface area contributed by atoms with E-state index >= 15 is 0 Å². The van der Waals surface area contributed by atoms with Gasteiger partial charge in [0, 0.05) is 12.8 Å². The Morgan fingerprint density at radius 3 is 2.62 bits per heavy atom. The molecule has 4 nitrogen and oxygen atoms in total. The maximum atomic E-state index is 12.4. The summed E-state index contributed by atoms with van der Waals surface area (Å²) in [4.78, 5) is 0. The summed E-state index contributed by atoms with van der Waals surface area (Å²) in [6, 6.07) is 0. The van der Waals surface area contributed by atoms with Crippen molar-refractivity contribution in [2.75, 3.05) is 5.73 Å². The third-order valence-electron chi connectivity index (χ3n) is 1.74. The lowest BCUT2D eigenvalue weighted by atomic mass is 9.91. The molecule has 0 atom stereocenters. The molecule has 0 saturated heterocycles. The van der Waals surface area contributed by atoms with E-state index in [4.69, 9.17) is 10.5 Å². The maximum Gasteiger partial charge on any atom is 0.296 e. The Labute approximate surface area is 76.7 Å². The average Bonchev–Trinajstić information content (AvgIpc) is 2.31. The zero-order chi connectivity index (χ0) is 9.47. The van der Waals surface area contributed by atoms with Crippen molar-refractivity contribution in [3.05, 3.63) is 0 Å². The number of hydrogen-bond acceptors (Lipinski definition) is 5. The van der Waals surface area contributed by atoms with Crippen LogP contribution in [0.25, 0.3) is 0 Å². The predicted molar refractivity (Wildman–Crippen MR) is 42.9 cm³/mol. The first kappa shape index (κ1) is 8.61. The summed E-state index contributed by atoms with van der Waals surface area (Å²) < 4.78 is 29.8. The van der Waals surface area contributed by atoms with Crippen LogP contribution in [0, 0.1) is 0 Å². The van der Waals surface area contributed by atoms with Gasteiger partial charge in [0.15, 0.2) is 0 Å². The van der Waals surface area contributed by atoms with E-state index in [1.54, 1.807) is 0 Å². The summed E-state index contributed by atoms with van der Waals surface area (Å²) >= 11 is 1.05. The summed E-state index contributed by atoms with van der Waals surface area (Å²) in [5, 5.41) is 7.60. The highest BCUT2D eigenvalue weighted by atomic mass is 32.1. The largest absolute Gasteiger partial charge is 0.465 e. The highest BCUT2D eigenvalue weighted by molar-refractivity contribution is 7.16. The first-order valence-electron chi connectivity index (χ1n) is 3.69. The minimum absolute atomic E-state index is 0.244. The van der Waals surface area contributed by atoms with E-state index in [0.717, 1.165) is 11.3 Å². The van der Waals surface area contributed by atoms with Crippen molar-refractivity contribution in [1.29, 1.82) is 0 Å². The molecule has 72 valence electrons. The van der Waals surface area contributed by atoms with Crippen LogP contribution in [0.1, 0.15) is 12.8 Å². The summed E-state index contributed by atoms with van der Waals surface area (Å²) in [7, 11) is 0. The van der Waals surface area contributed by atoms with Gasteiger partial charge in [-0.2, -0.15) is 0 Å². The van der Waals surface area contributed by atoms with Gasteiger partial charge < -0.3 is 10.5 Å². The Balaban J connectivity index is 1.87. The van der Waals surface area contributed by atoms with Gasteiger partial charge in [0.2, 0.25) is 5.13 Å². The first-order chi connectivity index (χ1) is 6.05. The van der Waals surface area contributed by atoms with Crippen molar-refractivity contribution in [1.82, 2.24) is 10.2 Å². The van der Waals surface area contributed by atoms with Gasteiger partial charge in [0.1, 0.15) is 6.10 Å². The topological polar surface area (TPSA) is 61.0 Å². The standard InChI is InChI=1S/C6H7F2N3OS/c7-6(8)1-3(2-6)12-5-11-10-4(9)13-5/h3H,1-2H2,(H2,9,10). The highest BCUT2D eigenvalue weighted by Crippen LogP contribution is 2.40. The maximum absolute atomic E-state index is 12.4. The quantitative estimate of drug-likeness (QED) is 0.793. The molecule has 0 amide bonds. The Bertz CT molecular complexity index is 309. The Kier molecular flexibility index (Phi) is 1.83. The molecule has 0 aliphatic heterocycles. The van der Waals surface area contributed by atoms with Crippen LogP contribution in [0.4, 0.5) is 13.9 Å². The number of nitrogens with two attached hydrogens (primary N) is 1. The normalized spacial score (nSPS) is 21.1. The van der Waals surface area contributed by atoms with Gasteiger partial charge in [-0.25, -0.2) is 8.78 Å². The van der Waals surface area contributed by atoms with Crippen LogP contribution < -0.4 is 10.5 Å². The van der Waals surface area contributed by atoms with Crippen molar-refractivity contribution in [3.8, 4) is 5.19 Å². The number of hydrogen-bond donors (Lipinski definition) is 1. The van der Waals surface area contributed by atoms with Crippen LogP contribution in [-0.2, 0) is 0 Å².